The molecule has 0 heterocycles. The highest BCUT2D eigenvalue weighted by molar-refractivity contribution is 5.81. The maximum absolute atomic E-state index is 11.6. The number of terminal acetylenes is 1. The maximum Gasteiger partial charge on any atom is 0.306 e. The van der Waals surface area contributed by atoms with E-state index in [0.717, 1.165) is 19.3 Å². The molecular weight excluding hydrogens is 232 g/mol. The molecule has 0 spiro atoms. The Balaban J connectivity index is 2.39. The van der Waals surface area contributed by atoms with Crippen molar-refractivity contribution in [3.63, 3.8) is 0 Å². The smallest absolute Gasteiger partial charge is 0.306 e. The number of hydrogen-bond donors (Lipinski definition) is 3. The first kappa shape index (κ1) is 14.5. The van der Waals surface area contributed by atoms with E-state index in [1.165, 1.54) is 0 Å². The first-order valence-electron chi connectivity index (χ1n) is 6.24. The Morgan fingerprint density at radius 3 is 2.83 bits per heavy atom. The van der Waals surface area contributed by atoms with Crippen molar-refractivity contribution in [2.24, 2.45) is 5.92 Å². The van der Waals surface area contributed by atoms with Crippen molar-refractivity contribution in [1.82, 2.24) is 10.6 Å². The molecule has 3 atom stereocenters. The molecule has 1 fully saturated rings. The molecule has 1 amide bonds. The van der Waals surface area contributed by atoms with Crippen molar-refractivity contribution >= 4 is 11.9 Å². The highest BCUT2D eigenvalue weighted by atomic mass is 16.4. The average Bonchev–Trinajstić information content (AvgIpc) is 2.36. The lowest BCUT2D eigenvalue weighted by atomic mass is 9.85. The first-order chi connectivity index (χ1) is 8.54. The predicted molar refractivity (Wildman–Crippen MR) is 67.8 cm³/mol. The van der Waals surface area contributed by atoms with Crippen LogP contribution in [0.5, 0.6) is 0 Å². The van der Waals surface area contributed by atoms with Crippen LogP contribution in [-0.2, 0) is 9.59 Å². The zero-order valence-corrected chi connectivity index (χ0v) is 10.6. The maximum atomic E-state index is 11.6. The summed E-state index contributed by atoms with van der Waals surface area (Å²) in [6, 6.07) is -0.262. The van der Waals surface area contributed by atoms with Gasteiger partial charge >= 0.3 is 5.97 Å². The van der Waals surface area contributed by atoms with Crippen molar-refractivity contribution in [3.05, 3.63) is 0 Å². The van der Waals surface area contributed by atoms with Crippen LogP contribution in [0.3, 0.4) is 0 Å². The Hall–Kier alpha value is -1.54. The molecule has 0 radical (unpaired) electrons. The van der Waals surface area contributed by atoms with Crippen molar-refractivity contribution in [2.75, 3.05) is 6.54 Å². The van der Waals surface area contributed by atoms with Gasteiger partial charge in [-0.3, -0.25) is 9.59 Å². The third-order valence-electron chi connectivity index (χ3n) is 3.27. The van der Waals surface area contributed by atoms with E-state index in [-0.39, 0.29) is 30.5 Å². The van der Waals surface area contributed by atoms with E-state index < -0.39 is 5.97 Å². The van der Waals surface area contributed by atoms with Gasteiger partial charge in [-0.15, -0.1) is 6.42 Å². The van der Waals surface area contributed by atoms with Gasteiger partial charge in [-0.05, 0) is 26.2 Å². The van der Waals surface area contributed by atoms with Gasteiger partial charge in [0.2, 0.25) is 5.91 Å². The van der Waals surface area contributed by atoms with Gasteiger partial charge in [-0.25, -0.2) is 0 Å². The van der Waals surface area contributed by atoms with Crippen molar-refractivity contribution in [2.45, 2.75) is 44.7 Å². The highest BCUT2D eigenvalue weighted by Gasteiger charge is 2.28. The van der Waals surface area contributed by atoms with Gasteiger partial charge in [0.05, 0.1) is 18.5 Å². The lowest BCUT2D eigenvalue weighted by Gasteiger charge is -2.29. The standard InChI is InChI=1S/C13H20N2O3/c1-3-7-14-12(16)9(2)15-11-6-4-5-10(8-11)13(17)18/h1,9-11,15H,4-8H2,2H3,(H,14,16)(H,17,18). The first-order valence-corrected chi connectivity index (χ1v) is 6.24. The third-order valence-corrected chi connectivity index (χ3v) is 3.27. The number of hydrogen-bond acceptors (Lipinski definition) is 3. The molecule has 0 aromatic carbocycles. The summed E-state index contributed by atoms with van der Waals surface area (Å²) in [4.78, 5) is 22.5. The highest BCUT2D eigenvalue weighted by Crippen LogP contribution is 2.24. The molecule has 5 heteroatoms. The monoisotopic (exact) mass is 252 g/mol. The topological polar surface area (TPSA) is 78.4 Å². The normalized spacial score (nSPS) is 24.9. The van der Waals surface area contributed by atoms with E-state index >= 15 is 0 Å². The second-order valence-corrected chi connectivity index (χ2v) is 4.71. The molecule has 3 unspecified atom stereocenters. The number of carboxylic acids is 1. The minimum absolute atomic E-state index is 0.0893. The minimum atomic E-state index is -0.745. The Bertz CT molecular complexity index is 349. The van der Waals surface area contributed by atoms with E-state index in [9.17, 15) is 9.59 Å². The van der Waals surface area contributed by atoms with Crippen LogP contribution in [0.2, 0.25) is 0 Å². The lowest BCUT2D eigenvalue weighted by Crippen LogP contribution is -2.48. The SMILES string of the molecule is C#CCNC(=O)C(C)NC1CCCC(C(=O)O)C1. The number of rotatable bonds is 5. The Morgan fingerprint density at radius 1 is 1.50 bits per heavy atom. The summed E-state index contributed by atoms with van der Waals surface area (Å²) in [5.74, 6) is 1.16. The molecule has 0 aromatic rings. The zero-order chi connectivity index (χ0) is 13.5. The minimum Gasteiger partial charge on any atom is -0.481 e. The van der Waals surface area contributed by atoms with Crippen LogP contribution >= 0.6 is 0 Å². The van der Waals surface area contributed by atoms with Crippen molar-refractivity contribution < 1.29 is 14.7 Å². The molecule has 1 aliphatic rings. The second kappa shape index (κ2) is 7.02. The van der Waals surface area contributed by atoms with Gasteiger partial charge in [0.1, 0.15) is 0 Å². The van der Waals surface area contributed by atoms with Crippen LogP contribution in [0.15, 0.2) is 0 Å². The van der Waals surface area contributed by atoms with Gasteiger partial charge < -0.3 is 15.7 Å². The molecule has 1 aliphatic carbocycles. The van der Waals surface area contributed by atoms with E-state index in [0.29, 0.717) is 6.42 Å². The fourth-order valence-electron chi connectivity index (χ4n) is 2.29. The third kappa shape index (κ3) is 4.38. The quantitative estimate of drug-likeness (QED) is 0.617. The summed E-state index contributed by atoms with van der Waals surface area (Å²) in [7, 11) is 0. The molecule has 0 bridgehead atoms. The molecule has 18 heavy (non-hydrogen) atoms. The number of carbonyl (C=O) groups is 2. The average molecular weight is 252 g/mol. The summed E-state index contributed by atoms with van der Waals surface area (Å²) < 4.78 is 0. The van der Waals surface area contributed by atoms with Crippen LogP contribution in [0, 0.1) is 18.3 Å². The molecular formula is C13H20N2O3. The Kier molecular flexibility index (Phi) is 5.66. The summed E-state index contributed by atoms with van der Waals surface area (Å²) in [6.45, 7) is 1.98. The molecule has 1 saturated carbocycles. The molecule has 0 aliphatic heterocycles. The van der Waals surface area contributed by atoms with E-state index in [1.54, 1.807) is 6.92 Å². The summed E-state index contributed by atoms with van der Waals surface area (Å²) in [5, 5.41) is 14.8. The van der Waals surface area contributed by atoms with Gasteiger partial charge in [0, 0.05) is 6.04 Å². The van der Waals surface area contributed by atoms with Crippen LogP contribution in [0.4, 0.5) is 0 Å². The molecule has 5 nitrogen and oxygen atoms in total. The number of carboxylic acid groups (broad SMARTS) is 1. The van der Waals surface area contributed by atoms with Gasteiger partial charge in [-0.1, -0.05) is 12.3 Å². The lowest BCUT2D eigenvalue weighted by molar-refractivity contribution is -0.143. The molecule has 0 saturated heterocycles. The fourth-order valence-corrected chi connectivity index (χ4v) is 2.29. The molecule has 0 aromatic heterocycles. The molecule has 1 rings (SSSR count). The van der Waals surface area contributed by atoms with E-state index in [1.807, 2.05) is 0 Å². The Morgan fingerprint density at radius 2 is 2.22 bits per heavy atom. The second-order valence-electron chi connectivity index (χ2n) is 4.71. The summed E-state index contributed by atoms with van der Waals surface area (Å²) in [6.07, 6.45) is 8.17. The Labute approximate surface area is 107 Å². The predicted octanol–water partition coefficient (Wildman–Crippen LogP) is 0.357. The van der Waals surface area contributed by atoms with E-state index in [2.05, 4.69) is 16.6 Å². The van der Waals surface area contributed by atoms with Gasteiger partial charge in [0.25, 0.3) is 0 Å². The number of carbonyl (C=O) groups excluding carboxylic acids is 1. The van der Waals surface area contributed by atoms with Crippen molar-refractivity contribution in [3.8, 4) is 12.3 Å². The zero-order valence-electron chi connectivity index (χ0n) is 10.6. The fraction of sp³-hybridized carbons (Fsp3) is 0.692. The number of aliphatic carboxylic acids is 1. The van der Waals surface area contributed by atoms with Gasteiger partial charge in [0.15, 0.2) is 0 Å². The van der Waals surface area contributed by atoms with E-state index in [4.69, 9.17) is 11.5 Å². The van der Waals surface area contributed by atoms with Crippen LogP contribution in [0.1, 0.15) is 32.6 Å². The summed E-state index contributed by atoms with van der Waals surface area (Å²) in [5.41, 5.74) is 0. The van der Waals surface area contributed by atoms with Crippen LogP contribution in [0.25, 0.3) is 0 Å². The number of nitrogens with one attached hydrogen (secondary N) is 2. The van der Waals surface area contributed by atoms with Gasteiger partial charge in [-0.2, -0.15) is 0 Å². The van der Waals surface area contributed by atoms with Crippen LogP contribution < -0.4 is 10.6 Å². The molecule has 100 valence electrons. The molecule has 3 N–H and O–H groups in total. The largest absolute Gasteiger partial charge is 0.481 e. The van der Waals surface area contributed by atoms with Crippen molar-refractivity contribution in [1.29, 1.82) is 0 Å². The number of amides is 1. The van der Waals surface area contributed by atoms with Crippen LogP contribution in [-0.4, -0.2) is 35.6 Å². The summed E-state index contributed by atoms with van der Waals surface area (Å²) >= 11 is 0.